The monoisotopic (exact) mass is 439 g/mol. The van der Waals surface area contributed by atoms with Crippen LogP contribution in [0.25, 0.3) is 0 Å². The summed E-state index contributed by atoms with van der Waals surface area (Å²) in [7, 11) is 3.46. The van der Waals surface area contributed by atoms with Gasteiger partial charge in [0.05, 0.1) is 7.11 Å². The molecule has 8 heteroatoms. The Bertz CT molecular complexity index is 976. The number of aliphatic imine (C=N–C) groups is 1. The summed E-state index contributed by atoms with van der Waals surface area (Å²) >= 11 is 1.71. The number of hydrogen-bond donors (Lipinski definition) is 2. The lowest BCUT2D eigenvalue weighted by Crippen LogP contribution is -2.55. The molecule has 1 atom stereocenters. The molecule has 0 saturated heterocycles. The Balaban J connectivity index is 1.66. The molecule has 164 valence electrons. The number of rotatable bonds is 9. The Morgan fingerprint density at radius 2 is 2.23 bits per heavy atom. The van der Waals surface area contributed by atoms with Crippen LogP contribution in [-0.2, 0) is 16.0 Å². The Morgan fingerprint density at radius 3 is 2.97 bits per heavy atom. The van der Waals surface area contributed by atoms with Crippen molar-refractivity contribution < 1.29 is 9.53 Å². The van der Waals surface area contributed by atoms with Gasteiger partial charge in [-0.3, -0.25) is 5.01 Å². The number of nitrogens with zero attached hydrogens (tertiary/aromatic N) is 3. The van der Waals surface area contributed by atoms with Crippen molar-refractivity contribution in [2.75, 3.05) is 40.3 Å². The molecule has 0 saturated carbocycles. The van der Waals surface area contributed by atoms with Gasteiger partial charge >= 0.3 is 5.97 Å². The average molecular weight is 440 g/mol. The van der Waals surface area contributed by atoms with Gasteiger partial charge in [-0.05, 0) is 53.1 Å². The molecule has 7 nitrogen and oxygen atoms in total. The molecule has 3 heterocycles. The molecule has 3 N–H and O–H groups in total. The first-order chi connectivity index (χ1) is 15.1. The lowest BCUT2D eigenvalue weighted by atomic mass is 9.73. The minimum Gasteiger partial charge on any atom is -0.464 e. The van der Waals surface area contributed by atoms with Gasteiger partial charge < -0.3 is 15.4 Å². The lowest BCUT2D eigenvalue weighted by molar-refractivity contribution is -0.132. The molecule has 2 aliphatic heterocycles. The number of nitrogens with one attached hydrogen (secondary N) is 1. The molecule has 1 aromatic heterocycles. The molecule has 0 fully saturated rings. The largest absolute Gasteiger partial charge is 0.464 e. The molecule has 0 aromatic carbocycles. The highest BCUT2D eigenvalue weighted by Gasteiger charge is 2.51. The first kappa shape index (κ1) is 21.7. The normalized spacial score (nSPS) is 21.9. The summed E-state index contributed by atoms with van der Waals surface area (Å²) in [6.45, 7) is 3.09. The predicted molar refractivity (Wildman–Crippen MR) is 125 cm³/mol. The van der Waals surface area contributed by atoms with E-state index in [0.717, 1.165) is 38.0 Å². The molecule has 0 radical (unpaired) electrons. The topological polar surface area (TPSA) is 83.2 Å². The number of carbonyl (C=O) groups excluding carboxylic acids is 1. The van der Waals surface area contributed by atoms with Gasteiger partial charge in [0.25, 0.3) is 0 Å². The Kier molecular flexibility index (Phi) is 6.52. The number of hydrazine groups is 1. The predicted octanol–water partition coefficient (Wildman–Crippen LogP) is 2.02. The third kappa shape index (κ3) is 4.04. The SMILES string of the molecule is COC(=O)C1=NC=CC23C(=CCC=C12)C(Cc1ccsc1)=CN3NCCN(C)CCN. The summed E-state index contributed by atoms with van der Waals surface area (Å²) in [6.07, 6.45) is 11.9. The molecule has 3 aliphatic rings. The maximum Gasteiger partial charge on any atom is 0.357 e. The standard InChI is InChI=1S/C23H29N5O2S/c1-27(11-8-24)12-10-26-28-15-18(14-17-6-13-31-16-17)19-4-3-5-20-21(22(29)30-2)25-9-7-23(19,20)28/h4-7,9,13,15-16,26H,3,8,10-12,14,24H2,1-2H3. The van der Waals surface area contributed by atoms with E-state index in [1.807, 2.05) is 0 Å². The van der Waals surface area contributed by atoms with Gasteiger partial charge in [-0.1, -0.05) is 12.2 Å². The summed E-state index contributed by atoms with van der Waals surface area (Å²) in [5, 5.41) is 6.42. The van der Waals surface area contributed by atoms with Crippen molar-refractivity contribution in [1.82, 2.24) is 15.3 Å². The van der Waals surface area contributed by atoms with Crippen LogP contribution in [0.15, 0.2) is 69.2 Å². The number of nitrogens with two attached hydrogens (primary N) is 1. The Morgan fingerprint density at radius 1 is 1.39 bits per heavy atom. The van der Waals surface area contributed by atoms with Crippen LogP contribution in [0.3, 0.4) is 0 Å². The van der Waals surface area contributed by atoms with E-state index in [0.29, 0.717) is 12.3 Å². The number of methoxy groups -OCH3 is 1. The highest BCUT2D eigenvalue weighted by molar-refractivity contribution is 7.07. The van der Waals surface area contributed by atoms with E-state index in [9.17, 15) is 4.79 Å². The van der Waals surface area contributed by atoms with Crippen LogP contribution in [0, 0.1) is 0 Å². The van der Waals surface area contributed by atoms with Crippen LogP contribution in [-0.4, -0.2) is 67.5 Å². The van der Waals surface area contributed by atoms with Crippen LogP contribution in [0.5, 0.6) is 0 Å². The molecule has 0 bridgehead atoms. The van der Waals surface area contributed by atoms with Gasteiger partial charge in [-0.25, -0.2) is 15.2 Å². The average Bonchev–Trinajstić information content (AvgIpc) is 3.39. The minimum atomic E-state index is -0.596. The fourth-order valence-electron chi connectivity index (χ4n) is 4.42. The number of ether oxygens (including phenoxy) is 1. The number of hydrogen-bond acceptors (Lipinski definition) is 8. The second kappa shape index (κ2) is 9.32. The maximum atomic E-state index is 12.5. The van der Waals surface area contributed by atoms with Crippen molar-refractivity contribution in [1.29, 1.82) is 0 Å². The van der Waals surface area contributed by atoms with Crippen molar-refractivity contribution in [3.8, 4) is 0 Å². The molecule has 31 heavy (non-hydrogen) atoms. The molecule has 1 unspecified atom stereocenters. The molecule has 0 amide bonds. The van der Waals surface area contributed by atoms with E-state index in [1.165, 1.54) is 23.8 Å². The zero-order valence-corrected chi connectivity index (χ0v) is 18.8. The lowest BCUT2D eigenvalue weighted by Gasteiger charge is -2.43. The van der Waals surface area contributed by atoms with E-state index in [4.69, 9.17) is 10.5 Å². The number of allylic oxidation sites excluding steroid dienone is 2. The molecular formula is C23H29N5O2S. The maximum absolute atomic E-state index is 12.5. The van der Waals surface area contributed by atoms with Crippen LogP contribution in [0.2, 0.25) is 0 Å². The van der Waals surface area contributed by atoms with Crippen molar-refractivity contribution in [2.45, 2.75) is 18.4 Å². The van der Waals surface area contributed by atoms with Crippen molar-refractivity contribution >= 4 is 23.0 Å². The second-order valence-electron chi connectivity index (χ2n) is 7.86. The fraction of sp³-hybridized carbons (Fsp3) is 0.391. The van der Waals surface area contributed by atoms with E-state index in [-0.39, 0.29) is 0 Å². The van der Waals surface area contributed by atoms with Gasteiger partial charge in [0.1, 0.15) is 5.54 Å². The summed E-state index contributed by atoms with van der Waals surface area (Å²) in [5.74, 6) is -0.412. The van der Waals surface area contributed by atoms with Crippen molar-refractivity contribution in [2.24, 2.45) is 10.7 Å². The number of esters is 1. The highest BCUT2D eigenvalue weighted by atomic mass is 32.1. The molecule has 1 aromatic rings. The van der Waals surface area contributed by atoms with Crippen molar-refractivity contribution in [3.63, 3.8) is 0 Å². The summed E-state index contributed by atoms with van der Waals surface area (Å²) < 4.78 is 5.03. The first-order valence-electron chi connectivity index (χ1n) is 10.5. The second-order valence-corrected chi connectivity index (χ2v) is 8.64. The molecule has 1 aliphatic carbocycles. The zero-order chi connectivity index (χ0) is 21.8. The van der Waals surface area contributed by atoms with Gasteiger partial charge in [0.2, 0.25) is 0 Å². The smallest absolute Gasteiger partial charge is 0.357 e. The number of thiophene rings is 1. The van der Waals surface area contributed by atoms with Crippen LogP contribution in [0.4, 0.5) is 0 Å². The third-order valence-corrected chi connectivity index (χ3v) is 6.62. The number of carbonyl (C=O) groups is 1. The minimum absolute atomic E-state index is 0.368. The zero-order valence-electron chi connectivity index (χ0n) is 18.0. The molecular weight excluding hydrogens is 410 g/mol. The van der Waals surface area contributed by atoms with Crippen LogP contribution in [0.1, 0.15) is 12.0 Å². The van der Waals surface area contributed by atoms with Crippen LogP contribution < -0.4 is 11.2 Å². The molecule has 1 spiro atoms. The van der Waals surface area contributed by atoms with Gasteiger partial charge in [0.15, 0.2) is 5.71 Å². The van der Waals surface area contributed by atoms with E-state index >= 15 is 0 Å². The summed E-state index contributed by atoms with van der Waals surface area (Å²) in [5.41, 5.74) is 13.6. The molecule has 4 rings (SSSR count). The summed E-state index contributed by atoms with van der Waals surface area (Å²) in [6, 6.07) is 2.16. The number of likely N-dealkylation sites (N-methyl/N-ethyl adjacent to an activating group) is 1. The van der Waals surface area contributed by atoms with E-state index in [1.54, 1.807) is 17.5 Å². The first-order valence-corrected chi connectivity index (χ1v) is 11.4. The van der Waals surface area contributed by atoms with Gasteiger partial charge in [0, 0.05) is 50.6 Å². The van der Waals surface area contributed by atoms with Gasteiger partial charge in [-0.15, -0.1) is 0 Å². The van der Waals surface area contributed by atoms with Crippen molar-refractivity contribution in [3.05, 3.63) is 69.7 Å². The Hall–Kier alpha value is -2.52. The summed E-state index contributed by atoms with van der Waals surface area (Å²) in [4.78, 5) is 19.1. The quantitative estimate of drug-likeness (QED) is 0.573. The highest BCUT2D eigenvalue weighted by Crippen LogP contribution is 2.48. The third-order valence-electron chi connectivity index (χ3n) is 5.89. The van der Waals surface area contributed by atoms with E-state index < -0.39 is 11.5 Å². The van der Waals surface area contributed by atoms with Crippen LogP contribution >= 0.6 is 11.3 Å². The fourth-order valence-corrected chi connectivity index (χ4v) is 5.09. The Labute approximate surface area is 187 Å². The van der Waals surface area contributed by atoms with E-state index in [2.05, 4.69) is 68.6 Å². The van der Waals surface area contributed by atoms with Gasteiger partial charge in [-0.2, -0.15) is 11.3 Å².